The van der Waals surface area contributed by atoms with E-state index in [1.807, 2.05) is 39.0 Å². The van der Waals surface area contributed by atoms with Crippen LogP contribution in [0.2, 0.25) is 0 Å². The molecule has 0 aliphatic carbocycles. The molecule has 0 radical (unpaired) electrons. The minimum Gasteiger partial charge on any atom is -0.472 e. The molecule has 0 unspecified atom stereocenters. The van der Waals surface area contributed by atoms with E-state index >= 15 is 0 Å². The average molecular weight is 264 g/mol. The summed E-state index contributed by atoms with van der Waals surface area (Å²) in [6.45, 7) is 6.80. The van der Waals surface area contributed by atoms with E-state index in [9.17, 15) is 4.79 Å². The van der Waals surface area contributed by atoms with Crippen molar-refractivity contribution in [2.75, 3.05) is 13.1 Å². The van der Waals surface area contributed by atoms with Crippen molar-refractivity contribution in [2.24, 2.45) is 0 Å². The number of hydrogen-bond donors (Lipinski definition) is 0. The van der Waals surface area contributed by atoms with Gasteiger partial charge in [-0.25, -0.2) is 9.78 Å². The van der Waals surface area contributed by atoms with Gasteiger partial charge in [0.25, 0.3) is 0 Å². The Morgan fingerprint density at radius 3 is 2.84 bits per heavy atom. The molecule has 104 valence electrons. The van der Waals surface area contributed by atoms with Crippen molar-refractivity contribution in [1.29, 1.82) is 0 Å². The molecule has 1 aromatic rings. The summed E-state index contributed by atoms with van der Waals surface area (Å²) in [6, 6.07) is 5.54. The first-order valence-corrected chi connectivity index (χ1v) is 6.50. The molecule has 5 heteroatoms. The third kappa shape index (κ3) is 4.12. The van der Waals surface area contributed by atoms with Crippen LogP contribution in [-0.4, -0.2) is 40.8 Å². The van der Waals surface area contributed by atoms with Crippen molar-refractivity contribution in [2.45, 2.75) is 38.9 Å². The summed E-state index contributed by atoms with van der Waals surface area (Å²) in [5.41, 5.74) is -0.461. The minimum absolute atomic E-state index is 0.0116. The predicted molar refractivity (Wildman–Crippen MR) is 71.1 cm³/mol. The zero-order valence-electron chi connectivity index (χ0n) is 11.6. The van der Waals surface area contributed by atoms with Crippen LogP contribution >= 0.6 is 0 Å². The Hall–Kier alpha value is -1.78. The molecule has 1 aliphatic heterocycles. The van der Waals surface area contributed by atoms with Gasteiger partial charge in [-0.3, -0.25) is 0 Å². The van der Waals surface area contributed by atoms with Crippen molar-refractivity contribution in [3.8, 4) is 5.88 Å². The number of carbonyl (C=O) groups excluding carboxylic acids is 1. The molecule has 0 N–H and O–H groups in total. The maximum atomic E-state index is 11.9. The highest BCUT2D eigenvalue weighted by Gasteiger charge is 2.30. The highest BCUT2D eigenvalue weighted by Crippen LogP contribution is 2.18. The van der Waals surface area contributed by atoms with Crippen LogP contribution in [0.4, 0.5) is 4.79 Å². The number of aromatic nitrogens is 1. The van der Waals surface area contributed by atoms with Crippen molar-refractivity contribution >= 4 is 6.09 Å². The van der Waals surface area contributed by atoms with Crippen LogP contribution < -0.4 is 4.74 Å². The Morgan fingerprint density at radius 2 is 2.21 bits per heavy atom. The Kier molecular flexibility index (Phi) is 3.93. The van der Waals surface area contributed by atoms with Gasteiger partial charge in [-0.1, -0.05) is 6.07 Å². The molecule has 1 amide bonds. The molecule has 0 bridgehead atoms. The fourth-order valence-corrected chi connectivity index (χ4v) is 1.90. The van der Waals surface area contributed by atoms with Crippen LogP contribution in [0.15, 0.2) is 24.4 Å². The van der Waals surface area contributed by atoms with Crippen LogP contribution in [0.5, 0.6) is 5.88 Å². The molecule has 2 rings (SSSR count). The van der Waals surface area contributed by atoms with E-state index in [-0.39, 0.29) is 12.2 Å². The summed E-state index contributed by atoms with van der Waals surface area (Å²) in [7, 11) is 0. The van der Waals surface area contributed by atoms with E-state index in [0.29, 0.717) is 19.0 Å². The molecule has 0 aromatic carbocycles. The van der Waals surface area contributed by atoms with Gasteiger partial charge < -0.3 is 14.4 Å². The van der Waals surface area contributed by atoms with Gasteiger partial charge in [-0.15, -0.1) is 0 Å². The number of ether oxygens (including phenoxy) is 2. The number of nitrogens with zero attached hydrogens (tertiary/aromatic N) is 2. The van der Waals surface area contributed by atoms with Crippen molar-refractivity contribution in [1.82, 2.24) is 9.88 Å². The van der Waals surface area contributed by atoms with Crippen LogP contribution in [0, 0.1) is 0 Å². The van der Waals surface area contributed by atoms with Gasteiger partial charge in [0.15, 0.2) is 0 Å². The predicted octanol–water partition coefficient (Wildman–Crippen LogP) is 2.47. The first-order chi connectivity index (χ1) is 8.94. The molecular formula is C14H20N2O3. The summed E-state index contributed by atoms with van der Waals surface area (Å²) in [5, 5.41) is 0. The Morgan fingerprint density at radius 1 is 1.42 bits per heavy atom. The van der Waals surface area contributed by atoms with E-state index in [4.69, 9.17) is 9.47 Å². The summed E-state index contributed by atoms with van der Waals surface area (Å²) in [4.78, 5) is 17.7. The monoisotopic (exact) mass is 264 g/mol. The average Bonchev–Trinajstić information content (AvgIpc) is 2.77. The maximum absolute atomic E-state index is 11.9. The van der Waals surface area contributed by atoms with Crippen LogP contribution in [0.3, 0.4) is 0 Å². The molecule has 2 heterocycles. The zero-order chi connectivity index (χ0) is 13.9. The third-order valence-corrected chi connectivity index (χ3v) is 2.72. The maximum Gasteiger partial charge on any atom is 0.410 e. The molecule has 0 spiro atoms. The van der Waals surface area contributed by atoms with Gasteiger partial charge in [-0.05, 0) is 26.8 Å². The molecular weight excluding hydrogens is 244 g/mol. The van der Waals surface area contributed by atoms with E-state index in [1.54, 1.807) is 11.1 Å². The molecule has 19 heavy (non-hydrogen) atoms. The van der Waals surface area contributed by atoms with Crippen molar-refractivity contribution in [3.05, 3.63) is 24.4 Å². The Labute approximate surface area is 113 Å². The lowest BCUT2D eigenvalue weighted by Gasteiger charge is -2.24. The van der Waals surface area contributed by atoms with E-state index in [2.05, 4.69) is 4.98 Å². The number of likely N-dealkylation sites (tertiary alicyclic amines) is 1. The Balaban J connectivity index is 1.85. The van der Waals surface area contributed by atoms with Crippen LogP contribution in [0.25, 0.3) is 0 Å². The summed E-state index contributed by atoms with van der Waals surface area (Å²) >= 11 is 0. The van der Waals surface area contributed by atoms with E-state index in [0.717, 1.165) is 6.42 Å². The lowest BCUT2D eigenvalue weighted by Crippen LogP contribution is -2.36. The quantitative estimate of drug-likeness (QED) is 0.823. The Bertz CT molecular complexity index is 428. The molecule has 5 nitrogen and oxygen atoms in total. The summed E-state index contributed by atoms with van der Waals surface area (Å²) < 4.78 is 11.1. The molecule has 0 saturated carbocycles. The normalized spacial score (nSPS) is 19.3. The van der Waals surface area contributed by atoms with Crippen molar-refractivity contribution in [3.63, 3.8) is 0 Å². The van der Waals surface area contributed by atoms with Gasteiger partial charge in [-0.2, -0.15) is 0 Å². The summed E-state index contributed by atoms with van der Waals surface area (Å²) in [6.07, 6.45) is 2.20. The van der Waals surface area contributed by atoms with Gasteiger partial charge >= 0.3 is 6.09 Å². The fraction of sp³-hybridized carbons (Fsp3) is 0.571. The third-order valence-electron chi connectivity index (χ3n) is 2.72. The first kappa shape index (κ1) is 13.6. The van der Waals surface area contributed by atoms with Gasteiger partial charge in [0.2, 0.25) is 5.88 Å². The van der Waals surface area contributed by atoms with Crippen LogP contribution in [0.1, 0.15) is 27.2 Å². The van der Waals surface area contributed by atoms with Gasteiger partial charge in [0, 0.05) is 25.2 Å². The molecule has 1 fully saturated rings. The van der Waals surface area contributed by atoms with Crippen molar-refractivity contribution < 1.29 is 14.3 Å². The summed E-state index contributed by atoms with van der Waals surface area (Å²) in [5.74, 6) is 0.596. The molecule has 1 saturated heterocycles. The number of pyridine rings is 1. The fourth-order valence-electron chi connectivity index (χ4n) is 1.90. The second-order valence-electron chi connectivity index (χ2n) is 5.62. The minimum atomic E-state index is -0.461. The SMILES string of the molecule is CC(C)(C)OC(=O)N1CC[C@H](Oc2ccccn2)C1. The lowest BCUT2D eigenvalue weighted by molar-refractivity contribution is 0.0275. The first-order valence-electron chi connectivity index (χ1n) is 6.50. The molecule has 1 aromatic heterocycles. The smallest absolute Gasteiger partial charge is 0.410 e. The van der Waals surface area contributed by atoms with Gasteiger partial charge in [0.05, 0.1) is 6.54 Å². The van der Waals surface area contributed by atoms with E-state index in [1.165, 1.54) is 0 Å². The largest absolute Gasteiger partial charge is 0.472 e. The highest BCUT2D eigenvalue weighted by atomic mass is 16.6. The van der Waals surface area contributed by atoms with E-state index < -0.39 is 5.60 Å². The molecule has 1 atom stereocenters. The molecule has 1 aliphatic rings. The second-order valence-corrected chi connectivity index (χ2v) is 5.62. The number of rotatable bonds is 2. The van der Waals surface area contributed by atoms with Gasteiger partial charge in [0.1, 0.15) is 11.7 Å². The zero-order valence-corrected chi connectivity index (χ0v) is 11.6. The highest BCUT2D eigenvalue weighted by molar-refractivity contribution is 5.68. The standard InChI is InChI=1S/C14H20N2O3/c1-14(2,3)19-13(17)16-9-7-11(10-16)18-12-6-4-5-8-15-12/h4-6,8,11H,7,9-10H2,1-3H3/t11-/m0/s1. The number of carbonyl (C=O) groups is 1. The number of amides is 1. The second kappa shape index (κ2) is 5.47. The topological polar surface area (TPSA) is 51.7 Å². The lowest BCUT2D eigenvalue weighted by atomic mass is 10.2. The number of hydrogen-bond acceptors (Lipinski definition) is 4. The van der Waals surface area contributed by atoms with Crippen LogP contribution in [-0.2, 0) is 4.74 Å².